The highest BCUT2D eigenvalue weighted by atomic mass is 16.3. The van der Waals surface area contributed by atoms with E-state index in [4.69, 9.17) is 10.8 Å². The second-order valence-corrected chi connectivity index (χ2v) is 2.67. The fourth-order valence-corrected chi connectivity index (χ4v) is 0.836. The summed E-state index contributed by atoms with van der Waals surface area (Å²) in [6.45, 7) is 2.53. The minimum atomic E-state index is -0.265. The molecule has 0 radical (unpaired) electrons. The molecule has 0 fully saturated rings. The third-order valence-corrected chi connectivity index (χ3v) is 1.46. The molecule has 0 aliphatic heterocycles. The average molecular weight is 155 g/mol. The summed E-state index contributed by atoms with van der Waals surface area (Å²) in [5, 5.41) is 8.96. The number of nitrogens with two attached hydrogens (primary N) is 1. The van der Waals surface area contributed by atoms with E-state index in [-0.39, 0.29) is 6.10 Å². The van der Waals surface area contributed by atoms with Crippen LogP contribution in [0.1, 0.15) is 13.3 Å². The van der Waals surface area contributed by atoms with E-state index < -0.39 is 0 Å². The lowest BCUT2D eigenvalue weighted by Gasteiger charge is -2.03. The lowest BCUT2D eigenvalue weighted by Crippen LogP contribution is -2.05. The number of aliphatic hydroxyl groups excluding tert-OH is 1. The molecule has 1 unspecified atom stereocenters. The van der Waals surface area contributed by atoms with Crippen LogP contribution in [0.2, 0.25) is 0 Å². The number of aliphatic hydroxyl groups is 1. The van der Waals surface area contributed by atoms with Gasteiger partial charge in [-0.3, -0.25) is 0 Å². The molecule has 0 aliphatic rings. The Balaban J connectivity index is 2.39. The number of aromatic nitrogens is 2. The number of nitrogens with zero attached hydrogens (tertiary/aromatic N) is 2. The largest absolute Gasteiger partial charge is 0.393 e. The molecule has 0 spiro atoms. The second-order valence-electron chi connectivity index (χ2n) is 2.67. The van der Waals surface area contributed by atoms with Crippen LogP contribution in [-0.2, 0) is 6.54 Å². The lowest BCUT2D eigenvalue weighted by molar-refractivity contribution is 0.178. The zero-order valence-electron chi connectivity index (χ0n) is 6.57. The molecule has 0 amide bonds. The highest BCUT2D eigenvalue weighted by molar-refractivity contribution is 5.22. The molecule has 11 heavy (non-hydrogen) atoms. The van der Waals surface area contributed by atoms with Gasteiger partial charge in [0.1, 0.15) is 5.82 Å². The van der Waals surface area contributed by atoms with E-state index in [9.17, 15) is 0 Å². The van der Waals surface area contributed by atoms with Crippen LogP contribution in [0.5, 0.6) is 0 Å². The van der Waals surface area contributed by atoms with Crippen molar-refractivity contribution >= 4 is 5.82 Å². The summed E-state index contributed by atoms with van der Waals surface area (Å²) < 4.78 is 1.86. The highest BCUT2D eigenvalue weighted by Gasteiger charge is 1.97. The molecule has 62 valence electrons. The van der Waals surface area contributed by atoms with Crippen molar-refractivity contribution in [3.8, 4) is 0 Å². The van der Waals surface area contributed by atoms with Crippen molar-refractivity contribution in [2.45, 2.75) is 26.0 Å². The van der Waals surface area contributed by atoms with Crippen LogP contribution in [0.4, 0.5) is 5.82 Å². The van der Waals surface area contributed by atoms with E-state index in [2.05, 4.69) is 4.98 Å². The van der Waals surface area contributed by atoms with Gasteiger partial charge >= 0.3 is 0 Å². The first kappa shape index (κ1) is 8.07. The molecule has 1 aromatic rings. The van der Waals surface area contributed by atoms with E-state index in [1.54, 1.807) is 19.4 Å². The van der Waals surface area contributed by atoms with Gasteiger partial charge in [-0.1, -0.05) is 0 Å². The molecule has 0 saturated carbocycles. The van der Waals surface area contributed by atoms with E-state index in [0.29, 0.717) is 5.82 Å². The Bertz CT molecular complexity index is 219. The first-order chi connectivity index (χ1) is 5.18. The Labute approximate surface area is 65.7 Å². The fourth-order valence-electron chi connectivity index (χ4n) is 0.836. The summed E-state index contributed by atoms with van der Waals surface area (Å²) in [6, 6.07) is 0. The topological polar surface area (TPSA) is 64.1 Å². The molecule has 4 heteroatoms. The molecule has 0 saturated heterocycles. The molecule has 1 heterocycles. The Morgan fingerprint density at radius 3 is 3.00 bits per heavy atom. The number of nitrogen functional groups attached to an aromatic ring is 1. The summed E-state index contributed by atoms with van der Waals surface area (Å²) in [5.41, 5.74) is 5.39. The number of imidazole rings is 1. The number of hydrogen-bond acceptors (Lipinski definition) is 3. The van der Waals surface area contributed by atoms with Gasteiger partial charge in [0.25, 0.3) is 0 Å². The van der Waals surface area contributed by atoms with Crippen LogP contribution in [-0.4, -0.2) is 20.8 Å². The summed E-state index contributed by atoms with van der Waals surface area (Å²) in [7, 11) is 0. The third kappa shape index (κ3) is 2.59. The van der Waals surface area contributed by atoms with Gasteiger partial charge in [0.05, 0.1) is 12.4 Å². The summed E-state index contributed by atoms with van der Waals surface area (Å²) in [6.07, 6.45) is 3.88. The van der Waals surface area contributed by atoms with Crippen molar-refractivity contribution in [1.82, 2.24) is 9.55 Å². The molecule has 1 atom stereocenters. The van der Waals surface area contributed by atoms with Gasteiger partial charge < -0.3 is 15.4 Å². The van der Waals surface area contributed by atoms with Crippen LogP contribution in [0.25, 0.3) is 0 Å². The van der Waals surface area contributed by atoms with Gasteiger partial charge in [0.15, 0.2) is 0 Å². The van der Waals surface area contributed by atoms with Crippen molar-refractivity contribution < 1.29 is 5.11 Å². The van der Waals surface area contributed by atoms with Crippen LogP contribution in [0, 0.1) is 0 Å². The predicted octanol–water partition coefficient (Wildman–Crippen LogP) is 0.236. The number of hydrogen-bond donors (Lipinski definition) is 2. The van der Waals surface area contributed by atoms with Gasteiger partial charge in [-0.25, -0.2) is 4.98 Å². The number of anilines is 1. The van der Waals surface area contributed by atoms with E-state index in [1.807, 2.05) is 4.57 Å². The molecular formula is C7H13N3O. The Morgan fingerprint density at radius 2 is 2.55 bits per heavy atom. The molecular weight excluding hydrogens is 142 g/mol. The summed E-state index contributed by atoms with van der Waals surface area (Å²) >= 11 is 0. The average Bonchev–Trinajstić information content (AvgIpc) is 2.31. The standard InChI is InChI=1S/C7H13N3O/c1-6(11)2-3-10-4-7(8)9-5-10/h4-6,11H,2-3,8H2,1H3. The summed E-state index contributed by atoms with van der Waals surface area (Å²) in [4.78, 5) is 3.85. The molecule has 0 aliphatic carbocycles. The SMILES string of the molecule is CC(O)CCn1cnc(N)c1. The van der Waals surface area contributed by atoms with Gasteiger partial charge in [-0.15, -0.1) is 0 Å². The van der Waals surface area contributed by atoms with Crippen molar-refractivity contribution in [2.75, 3.05) is 5.73 Å². The maximum Gasteiger partial charge on any atom is 0.141 e. The Kier molecular flexibility index (Phi) is 2.48. The van der Waals surface area contributed by atoms with E-state index >= 15 is 0 Å². The second kappa shape index (κ2) is 3.39. The normalized spacial score (nSPS) is 13.3. The molecule has 4 nitrogen and oxygen atoms in total. The zero-order chi connectivity index (χ0) is 8.27. The van der Waals surface area contributed by atoms with Gasteiger partial charge in [-0.05, 0) is 13.3 Å². The monoisotopic (exact) mass is 155 g/mol. The van der Waals surface area contributed by atoms with Crippen molar-refractivity contribution in [1.29, 1.82) is 0 Å². The van der Waals surface area contributed by atoms with Gasteiger partial charge in [0.2, 0.25) is 0 Å². The van der Waals surface area contributed by atoms with Crippen LogP contribution < -0.4 is 5.73 Å². The fraction of sp³-hybridized carbons (Fsp3) is 0.571. The quantitative estimate of drug-likeness (QED) is 0.657. The molecule has 3 N–H and O–H groups in total. The highest BCUT2D eigenvalue weighted by Crippen LogP contribution is 1.99. The zero-order valence-corrected chi connectivity index (χ0v) is 6.57. The van der Waals surface area contributed by atoms with Gasteiger partial charge in [0, 0.05) is 12.7 Å². The van der Waals surface area contributed by atoms with E-state index in [0.717, 1.165) is 13.0 Å². The first-order valence-corrected chi connectivity index (χ1v) is 3.64. The predicted molar refractivity (Wildman–Crippen MR) is 42.9 cm³/mol. The third-order valence-electron chi connectivity index (χ3n) is 1.46. The van der Waals surface area contributed by atoms with Crippen molar-refractivity contribution in [3.63, 3.8) is 0 Å². The number of aryl methyl sites for hydroxylation is 1. The smallest absolute Gasteiger partial charge is 0.141 e. The maximum atomic E-state index is 8.96. The van der Waals surface area contributed by atoms with Gasteiger partial charge in [-0.2, -0.15) is 0 Å². The maximum absolute atomic E-state index is 8.96. The lowest BCUT2D eigenvalue weighted by atomic mass is 10.3. The molecule has 0 aromatic carbocycles. The molecule has 1 rings (SSSR count). The van der Waals surface area contributed by atoms with Crippen LogP contribution >= 0.6 is 0 Å². The van der Waals surface area contributed by atoms with E-state index in [1.165, 1.54) is 0 Å². The minimum Gasteiger partial charge on any atom is -0.393 e. The van der Waals surface area contributed by atoms with Crippen LogP contribution in [0.3, 0.4) is 0 Å². The molecule has 0 bridgehead atoms. The molecule has 1 aromatic heterocycles. The number of rotatable bonds is 3. The van der Waals surface area contributed by atoms with Crippen molar-refractivity contribution in [3.05, 3.63) is 12.5 Å². The Hall–Kier alpha value is -1.03. The summed E-state index contributed by atoms with van der Waals surface area (Å²) in [5.74, 6) is 0.524. The minimum absolute atomic E-state index is 0.265. The van der Waals surface area contributed by atoms with Crippen molar-refractivity contribution in [2.24, 2.45) is 0 Å². The first-order valence-electron chi connectivity index (χ1n) is 3.64. The Morgan fingerprint density at radius 1 is 1.82 bits per heavy atom. The van der Waals surface area contributed by atoms with Crippen LogP contribution in [0.15, 0.2) is 12.5 Å².